The summed E-state index contributed by atoms with van der Waals surface area (Å²) in [6, 6.07) is 8.71. The predicted octanol–water partition coefficient (Wildman–Crippen LogP) is 3.25. The number of hydrogen-bond donors (Lipinski definition) is 1. The zero-order valence-electron chi connectivity index (χ0n) is 19.9. The highest BCUT2D eigenvalue weighted by Gasteiger charge is 2.52. The highest BCUT2D eigenvalue weighted by Crippen LogP contribution is 2.36. The number of amides is 1. The first-order valence-electron chi connectivity index (χ1n) is 12.0. The molecule has 8 heteroatoms. The Kier molecular flexibility index (Phi) is 10.4. The molecule has 8 nitrogen and oxygen atoms in total. The molecule has 0 radical (unpaired) electrons. The molecule has 0 bridgehead atoms. The van der Waals surface area contributed by atoms with Gasteiger partial charge in [-0.15, -0.1) is 6.42 Å². The highest BCUT2D eigenvalue weighted by atomic mass is 16.8. The number of carbonyl (C=O) groups is 2. The average molecular weight is 474 g/mol. The fourth-order valence-corrected chi connectivity index (χ4v) is 4.24. The van der Waals surface area contributed by atoms with Crippen LogP contribution in [-0.2, 0) is 33.3 Å². The topological polar surface area (TPSA) is 92.3 Å². The lowest BCUT2D eigenvalue weighted by Crippen LogP contribution is -2.67. The van der Waals surface area contributed by atoms with E-state index in [9.17, 15) is 9.59 Å². The van der Waals surface area contributed by atoms with E-state index in [2.05, 4.69) is 18.2 Å². The van der Waals surface area contributed by atoms with E-state index in [1.807, 2.05) is 30.3 Å². The smallest absolute Gasteiger partial charge is 0.306 e. The molecular formula is C26H35NO7. The summed E-state index contributed by atoms with van der Waals surface area (Å²) in [6.07, 6.45) is 7.11. The van der Waals surface area contributed by atoms with Crippen molar-refractivity contribution >= 4 is 11.9 Å². The Balaban J connectivity index is 1.77. The van der Waals surface area contributed by atoms with Crippen LogP contribution in [0.1, 0.15) is 64.2 Å². The van der Waals surface area contributed by atoms with Crippen LogP contribution in [0.2, 0.25) is 0 Å². The van der Waals surface area contributed by atoms with Gasteiger partial charge in [0.05, 0.1) is 6.61 Å². The van der Waals surface area contributed by atoms with Crippen molar-refractivity contribution in [3.05, 3.63) is 35.9 Å². The summed E-state index contributed by atoms with van der Waals surface area (Å²) in [7, 11) is 0. The third-order valence-electron chi connectivity index (χ3n) is 5.86. The summed E-state index contributed by atoms with van der Waals surface area (Å²) in [4.78, 5) is 24.8. The fourth-order valence-electron chi connectivity index (χ4n) is 4.24. The minimum Gasteiger partial charge on any atom is -0.457 e. The highest BCUT2D eigenvalue weighted by molar-refractivity contribution is 5.73. The van der Waals surface area contributed by atoms with E-state index in [-0.39, 0.29) is 25.1 Å². The summed E-state index contributed by atoms with van der Waals surface area (Å²) in [6.45, 7) is 3.71. The van der Waals surface area contributed by atoms with Crippen molar-refractivity contribution in [2.45, 2.75) is 89.3 Å². The van der Waals surface area contributed by atoms with E-state index in [0.29, 0.717) is 6.42 Å². The van der Waals surface area contributed by atoms with E-state index in [1.165, 1.54) is 6.92 Å². The molecule has 1 aromatic rings. The molecule has 2 fully saturated rings. The van der Waals surface area contributed by atoms with Crippen LogP contribution >= 0.6 is 0 Å². The first-order valence-corrected chi connectivity index (χ1v) is 12.0. The molecule has 2 heterocycles. The second-order valence-electron chi connectivity index (χ2n) is 8.58. The number of terminal acetylenes is 1. The van der Waals surface area contributed by atoms with Crippen LogP contribution in [0.5, 0.6) is 0 Å². The van der Waals surface area contributed by atoms with Crippen LogP contribution in [0.4, 0.5) is 0 Å². The molecule has 0 spiro atoms. The molecule has 2 saturated heterocycles. The maximum Gasteiger partial charge on any atom is 0.306 e. The van der Waals surface area contributed by atoms with Gasteiger partial charge in [0.25, 0.3) is 0 Å². The SMILES string of the molecule is C#CCO[C@@H]1O[C@@H]2CO[C@H](c3ccccc3)O[C@H]2[C@@H](OC(=O)CCCCCCC)[C@@H]1NC(C)=O. The zero-order valence-corrected chi connectivity index (χ0v) is 19.9. The number of ether oxygens (including phenoxy) is 5. The van der Waals surface area contributed by atoms with Gasteiger partial charge in [0, 0.05) is 18.9 Å². The number of rotatable bonds is 11. The number of nitrogens with one attached hydrogen (secondary N) is 1. The molecule has 0 aromatic heterocycles. The lowest BCUT2D eigenvalue weighted by atomic mass is 9.95. The number of fused-ring (bicyclic) bond motifs is 1. The Labute approximate surface area is 201 Å². The lowest BCUT2D eigenvalue weighted by Gasteiger charge is -2.48. The van der Waals surface area contributed by atoms with Crippen molar-refractivity contribution in [2.24, 2.45) is 0 Å². The molecule has 34 heavy (non-hydrogen) atoms. The van der Waals surface area contributed by atoms with Gasteiger partial charge in [-0.2, -0.15) is 0 Å². The van der Waals surface area contributed by atoms with Crippen molar-refractivity contribution < 1.29 is 33.3 Å². The summed E-state index contributed by atoms with van der Waals surface area (Å²) >= 11 is 0. The van der Waals surface area contributed by atoms with E-state index in [4.69, 9.17) is 30.1 Å². The van der Waals surface area contributed by atoms with Crippen molar-refractivity contribution in [1.29, 1.82) is 0 Å². The number of benzene rings is 1. The number of unbranched alkanes of at least 4 members (excludes halogenated alkanes) is 4. The van der Waals surface area contributed by atoms with Gasteiger partial charge >= 0.3 is 5.97 Å². The predicted molar refractivity (Wildman–Crippen MR) is 124 cm³/mol. The largest absolute Gasteiger partial charge is 0.457 e. The molecule has 0 saturated carbocycles. The summed E-state index contributed by atoms with van der Waals surface area (Å²) < 4.78 is 29.8. The van der Waals surface area contributed by atoms with Gasteiger partial charge in [-0.1, -0.05) is 68.9 Å². The number of esters is 1. The summed E-state index contributed by atoms with van der Waals surface area (Å²) in [5, 5.41) is 2.81. The van der Waals surface area contributed by atoms with Crippen molar-refractivity contribution in [3.63, 3.8) is 0 Å². The lowest BCUT2D eigenvalue weighted by molar-refractivity contribution is -0.343. The molecule has 0 aliphatic carbocycles. The maximum atomic E-state index is 12.8. The Morgan fingerprint density at radius 3 is 2.62 bits per heavy atom. The van der Waals surface area contributed by atoms with Crippen LogP contribution < -0.4 is 5.32 Å². The minimum absolute atomic E-state index is 0.0232. The van der Waals surface area contributed by atoms with E-state index in [1.54, 1.807) is 0 Å². The standard InChI is InChI=1S/C26H35NO7/c1-4-6-7-8-12-15-21(29)33-24-22(27-18(3)28)26(30-16-5-2)32-20-17-31-25(34-23(20)24)19-13-10-9-11-14-19/h2,9-11,13-14,20,22-26H,4,6-8,12,15-17H2,1,3H3,(H,27,28)/t20-,22+,23-,24+,25+,26-/m1/s1. The van der Waals surface area contributed by atoms with E-state index in [0.717, 1.165) is 37.7 Å². The van der Waals surface area contributed by atoms with Gasteiger partial charge in [-0.05, 0) is 6.42 Å². The van der Waals surface area contributed by atoms with Gasteiger partial charge in [-0.25, -0.2) is 0 Å². The van der Waals surface area contributed by atoms with Crippen LogP contribution in [0, 0.1) is 12.3 Å². The molecule has 0 unspecified atom stereocenters. The van der Waals surface area contributed by atoms with Crippen molar-refractivity contribution in [2.75, 3.05) is 13.2 Å². The Morgan fingerprint density at radius 1 is 1.15 bits per heavy atom. The number of carbonyl (C=O) groups excluding carboxylic acids is 2. The van der Waals surface area contributed by atoms with Crippen LogP contribution in [-0.4, -0.2) is 55.7 Å². The minimum atomic E-state index is -0.913. The second-order valence-corrected chi connectivity index (χ2v) is 8.58. The first kappa shape index (κ1) is 26.2. The molecule has 1 N–H and O–H groups in total. The zero-order chi connectivity index (χ0) is 24.3. The molecule has 2 aliphatic rings. The fraction of sp³-hybridized carbons (Fsp3) is 0.615. The van der Waals surface area contributed by atoms with Crippen LogP contribution in [0.15, 0.2) is 30.3 Å². The van der Waals surface area contributed by atoms with Crippen molar-refractivity contribution in [3.8, 4) is 12.3 Å². The van der Waals surface area contributed by atoms with E-state index < -0.39 is 36.9 Å². The van der Waals surface area contributed by atoms with E-state index >= 15 is 0 Å². The molecule has 186 valence electrons. The Hall–Kier alpha value is -2.44. The molecular weight excluding hydrogens is 438 g/mol. The Bertz CT molecular complexity index is 824. The van der Waals surface area contributed by atoms with Crippen LogP contribution in [0.3, 0.4) is 0 Å². The normalized spacial score (nSPS) is 28.4. The number of hydrogen-bond acceptors (Lipinski definition) is 7. The van der Waals surface area contributed by atoms with Gasteiger partial charge in [0.1, 0.15) is 24.9 Å². The first-order chi connectivity index (χ1) is 16.5. The van der Waals surface area contributed by atoms with Gasteiger partial charge < -0.3 is 29.0 Å². The molecule has 1 aromatic carbocycles. The quantitative estimate of drug-likeness (QED) is 0.300. The third kappa shape index (κ3) is 7.28. The van der Waals surface area contributed by atoms with Gasteiger partial charge in [-0.3, -0.25) is 9.59 Å². The molecule has 3 rings (SSSR count). The summed E-state index contributed by atoms with van der Waals surface area (Å²) in [5.74, 6) is 1.75. The summed E-state index contributed by atoms with van der Waals surface area (Å²) in [5.41, 5.74) is 0.837. The van der Waals surface area contributed by atoms with Gasteiger partial charge in [0.2, 0.25) is 5.91 Å². The van der Waals surface area contributed by atoms with Crippen LogP contribution in [0.25, 0.3) is 0 Å². The maximum absolute atomic E-state index is 12.8. The second kappa shape index (κ2) is 13.4. The third-order valence-corrected chi connectivity index (χ3v) is 5.86. The molecule has 1 amide bonds. The van der Waals surface area contributed by atoms with Gasteiger partial charge in [0.15, 0.2) is 18.7 Å². The monoisotopic (exact) mass is 473 g/mol. The molecule has 2 aliphatic heterocycles. The Morgan fingerprint density at radius 2 is 1.91 bits per heavy atom. The molecule has 6 atom stereocenters. The average Bonchev–Trinajstić information content (AvgIpc) is 2.84. The van der Waals surface area contributed by atoms with Crippen molar-refractivity contribution in [1.82, 2.24) is 5.32 Å².